The summed E-state index contributed by atoms with van der Waals surface area (Å²) >= 11 is 0. The molecule has 7 heteroatoms. The zero-order valence-corrected chi connectivity index (χ0v) is 14.5. The molecule has 0 saturated heterocycles. The lowest BCUT2D eigenvalue weighted by Gasteiger charge is -2.15. The van der Waals surface area contributed by atoms with Crippen molar-refractivity contribution in [1.29, 1.82) is 5.26 Å². The summed E-state index contributed by atoms with van der Waals surface area (Å²) in [6.45, 7) is 1.64. The van der Waals surface area contributed by atoms with Gasteiger partial charge in [0.15, 0.2) is 6.10 Å². The molecule has 1 aromatic heterocycles. The Hall–Kier alpha value is -3.92. The van der Waals surface area contributed by atoms with E-state index in [0.29, 0.717) is 22.7 Å². The van der Waals surface area contributed by atoms with Gasteiger partial charge in [0, 0.05) is 17.3 Å². The van der Waals surface area contributed by atoms with Crippen molar-refractivity contribution in [3.8, 4) is 23.1 Å². The second-order valence-electron chi connectivity index (χ2n) is 5.77. The first-order valence-electron chi connectivity index (χ1n) is 8.19. The van der Waals surface area contributed by atoms with Gasteiger partial charge < -0.3 is 10.1 Å². The number of nitrogens with zero attached hydrogens (tertiary/aromatic N) is 2. The molecule has 0 saturated carbocycles. The van der Waals surface area contributed by atoms with E-state index < -0.39 is 6.10 Å². The number of hydrogen-bond acceptors (Lipinski definition) is 5. The Morgan fingerprint density at radius 2 is 1.96 bits per heavy atom. The van der Waals surface area contributed by atoms with E-state index in [2.05, 4.69) is 15.5 Å². The molecule has 0 aliphatic rings. The lowest BCUT2D eigenvalue weighted by Crippen LogP contribution is -2.30. The molecule has 134 valence electrons. The van der Waals surface area contributed by atoms with E-state index in [-0.39, 0.29) is 11.5 Å². The molecule has 0 bridgehead atoms. The average Bonchev–Trinajstić information content (AvgIpc) is 2.69. The van der Waals surface area contributed by atoms with Crippen LogP contribution in [0.1, 0.15) is 12.5 Å². The van der Waals surface area contributed by atoms with Gasteiger partial charge in [-0.15, -0.1) is 0 Å². The summed E-state index contributed by atoms with van der Waals surface area (Å²) in [4.78, 5) is 23.5. The molecule has 1 amide bonds. The molecule has 0 fully saturated rings. The highest BCUT2D eigenvalue weighted by molar-refractivity contribution is 5.94. The number of hydrogen-bond donors (Lipinski definition) is 2. The number of anilines is 1. The second-order valence-corrected chi connectivity index (χ2v) is 5.77. The van der Waals surface area contributed by atoms with Crippen LogP contribution >= 0.6 is 0 Å². The first-order chi connectivity index (χ1) is 13.0. The normalized spacial score (nSPS) is 11.3. The number of carbonyl (C=O) groups excluding carboxylic acids is 1. The SMILES string of the molecule is CC(Oc1ccc(C#N)cc1)C(=O)Nc1cccc(-c2ccc(=O)[nH]n2)c1. The fourth-order valence-electron chi connectivity index (χ4n) is 2.37. The van der Waals surface area contributed by atoms with Gasteiger partial charge >= 0.3 is 0 Å². The van der Waals surface area contributed by atoms with Crippen LogP contribution in [0.15, 0.2) is 65.5 Å². The maximum Gasteiger partial charge on any atom is 0.265 e. The fourth-order valence-corrected chi connectivity index (χ4v) is 2.37. The zero-order chi connectivity index (χ0) is 19.2. The van der Waals surface area contributed by atoms with Crippen LogP contribution in [0, 0.1) is 11.3 Å². The molecule has 1 unspecified atom stereocenters. The predicted octanol–water partition coefficient (Wildman–Crippen LogP) is 2.71. The van der Waals surface area contributed by atoms with Crippen molar-refractivity contribution in [2.24, 2.45) is 0 Å². The summed E-state index contributed by atoms with van der Waals surface area (Å²) in [7, 11) is 0. The maximum atomic E-state index is 12.4. The Morgan fingerprint density at radius 1 is 1.19 bits per heavy atom. The molecule has 2 aromatic carbocycles. The molecule has 0 aliphatic heterocycles. The zero-order valence-electron chi connectivity index (χ0n) is 14.5. The highest BCUT2D eigenvalue weighted by Gasteiger charge is 2.15. The smallest absolute Gasteiger partial charge is 0.265 e. The molecule has 0 aliphatic carbocycles. The topological polar surface area (TPSA) is 108 Å². The van der Waals surface area contributed by atoms with Crippen LogP contribution in [0.4, 0.5) is 5.69 Å². The van der Waals surface area contributed by atoms with Crippen LogP contribution in [0.3, 0.4) is 0 Å². The Labute approximate surface area is 155 Å². The van der Waals surface area contributed by atoms with Gasteiger partial charge in [-0.05, 0) is 49.4 Å². The van der Waals surface area contributed by atoms with Crippen LogP contribution in [0.5, 0.6) is 5.75 Å². The van der Waals surface area contributed by atoms with Crippen molar-refractivity contribution in [1.82, 2.24) is 10.2 Å². The first-order valence-corrected chi connectivity index (χ1v) is 8.19. The van der Waals surface area contributed by atoms with E-state index in [1.807, 2.05) is 12.1 Å². The van der Waals surface area contributed by atoms with Crippen molar-refractivity contribution >= 4 is 11.6 Å². The molecule has 27 heavy (non-hydrogen) atoms. The quantitative estimate of drug-likeness (QED) is 0.727. The summed E-state index contributed by atoms with van der Waals surface area (Å²) in [6, 6.07) is 18.7. The third-order valence-electron chi connectivity index (χ3n) is 3.77. The minimum absolute atomic E-state index is 0.281. The number of H-pyrrole nitrogens is 1. The summed E-state index contributed by atoms with van der Waals surface area (Å²) in [5, 5.41) is 17.9. The monoisotopic (exact) mass is 360 g/mol. The number of rotatable bonds is 5. The van der Waals surface area contributed by atoms with Crippen molar-refractivity contribution in [3.05, 3.63) is 76.6 Å². The van der Waals surface area contributed by atoms with Gasteiger partial charge in [0.05, 0.1) is 17.3 Å². The Morgan fingerprint density at radius 3 is 2.63 bits per heavy atom. The highest BCUT2D eigenvalue weighted by atomic mass is 16.5. The van der Waals surface area contributed by atoms with E-state index in [4.69, 9.17) is 10.00 Å². The largest absolute Gasteiger partial charge is 0.481 e. The predicted molar refractivity (Wildman–Crippen MR) is 100 cm³/mol. The fraction of sp³-hybridized carbons (Fsp3) is 0.100. The van der Waals surface area contributed by atoms with Crippen molar-refractivity contribution in [2.75, 3.05) is 5.32 Å². The van der Waals surface area contributed by atoms with E-state index in [0.717, 1.165) is 5.56 Å². The molecule has 1 heterocycles. The van der Waals surface area contributed by atoms with E-state index in [1.54, 1.807) is 55.5 Å². The average molecular weight is 360 g/mol. The van der Waals surface area contributed by atoms with Gasteiger partial charge in [0.2, 0.25) is 0 Å². The minimum atomic E-state index is -0.729. The summed E-state index contributed by atoms with van der Waals surface area (Å²) in [5.74, 6) is 0.189. The molecular weight excluding hydrogens is 344 g/mol. The van der Waals surface area contributed by atoms with Gasteiger partial charge in [-0.2, -0.15) is 10.4 Å². The summed E-state index contributed by atoms with van der Waals surface area (Å²) in [6.07, 6.45) is -0.729. The second kappa shape index (κ2) is 7.97. The van der Waals surface area contributed by atoms with Gasteiger partial charge in [-0.3, -0.25) is 9.59 Å². The summed E-state index contributed by atoms with van der Waals surface area (Å²) in [5.41, 5.74) is 2.17. The Kier molecular flexibility index (Phi) is 5.28. The Balaban J connectivity index is 1.68. The number of ether oxygens (including phenoxy) is 1. The third kappa shape index (κ3) is 4.58. The molecule has 2 N–H and O–H groups in total. The minimum Gasteiger partial charge on any atom is -0.481 e. The molecular formula is C20H16N4O3. The molecule has 0 radical (unpaired) electrons. The molecule has 7 nitrogen and oxygen atoms in total. The highest BCUT2D eigenvalue weighted by Crippen LogP contribution is 2.20. The Bertz CT molecular complexity index is 1030. The molecule has 3 aromatic rings. The van der Waals surface area contributed by atoms with E-state index in [9.17, 15) is 9.59 Å². The standard InChI is InChI=1S/C20H16N4O3/c1-13(27-17-7-5-14(12-21)6-8-17)20(26)22-16-4-2-3-15(11-16)18-9-10-19(25)24-23-18/h2-11,13H,1H3,(H,22,26)(H,24,25). The number of nitriles is 1. The van der Waals surface area contributed by atoms with Crippen LogP contribution in [0.2, 0.25) is 0 Å². The number of nitrogens with one attached hydrogen (secondary N) is 2. The van der Waals surface area contributed by atoms with E-state index in [1.165, 1.54) is 6.07 Å². The third-order valence-corrected chi connectivity index (χ3v) is 3.77. The molecule has 0 spiro atoms. The van der Waals surface area contributed by atoms with Crippen LogP contribution in [-0.4, -0.2) is 22.2 Å². The van der Waals surface area contributed by atoms with E-state index >= 15 is 0 Å². The number of carbonyl (C=O) groups is 1. The van der Waals surface area contributed by atoms with Crippen LogP contribution in [-0.2, 0) is 4.79 Å². The van der Waals surface area contributed by atoms with Gasteiger partial charge in [-0.25, -0.2) is 5.10 Å². The van der Waals surface area contributed by atoms with Gasteiger partial charge in [0.25, 0.3) is 11.5 Å². The first kappa shape index (κ1) is 17.9. The van der Waals surface area contributed by atoms with Crippen molar-refractivity contribution < 1.29 is 9.53 Å². The lowest BCUT2D eigenvalue weighted by molar-refractivity contribution is -0.122. The van der Waals surface area contributed by atoms with Crippen molar-refractivity contribution in [3.63, 3.8) is 0 Å². The summed E-state index contributed by atoms with van der Waals surface area (Å²) < 4.78 is 5.60. The number of aromatic nitrogens is 2. The maximum absolute atomic E-state index is 12.4. The van der Waals surface area contributed by atoms with Gasteiger partial charge in [-0.1, -0.05) is 12.1 Å². The molecule has 3 rings (SSSR count). The van der Waals surface area contributed by atoms with Crippen LogP contribution < -0.4 is 15.6 Å². The number of amides is 1. The number of benzene rings is 2. The lowest BCUT2D eigenvalue weighted by atomic mass is 10.1. The van der Waals surface area contributed by atoms with Crippen LogP contribution in [0.25, 0.3) is 11.3 Å². The number of aromatic amines is 1. The molecule has 1 atom stereocenters. The van der Waals surface area contributed by atoms with Gasteiger partial charge in [0.1, 0.15) is 5.75 Å². The van der Waals surface area contributed by atoms with Crippen molar-refractivity contribution in [2.45, 2.75) is 13.0 Å².